The maximum atomic E-state index is 12.1. The van der Waals surface area contributed by atoms with E-state index in [1.807, 2.05) is 42.5 Å². The van der Waals surface area contributed by atoms with Gasteiger partial charge in [0.2, 0.25) is 0 Å². The first kappa shape index (κ1) is 38.5. The lowest BCUT2D eigenvalue weighted by Crippen LogP contribution is -2.16. The summed E-state index contributed by atoms with van der Waals surface area (Å²) < 4.78 is 21.7. The maximum Gasteiger partial charge on any atom is 0.344 e. The summed E-state index contributed by atoms with van der Waals surface area (Å²) in [6.45, 7) is 2.64. The number of esters is 1. The van der Waals surface area contributed by atoms with Gasteiger partial charge in [0, 0.05) is 11.6 Å². The number of rotatable bonds is 28. The number of methoxy groups -OCH3 is 2. The van der Waals surface area contributed by atoms with Gasteiger partial charge in [0.15, 0.2) is 6.61 Å². The minimum absolute atomic E-state index is 0.100. The quantitative estimate of drug-likeness (QED) is 0.0748. The number of nitrogens with two attached hydrogens (primary N) is 1. The zero-order valence-corrected chi connectivity index (χ0v) is 28.8. The van der Waals surface area contributed by atoms with E-state index in [0.717, 1.165) is 24.0 Å². The summed E-state index contributed by atoms with van der Waals surface area (Å²) in [6.07, 6.45) is 27.1. The van der Waals surface area contributed by atoms with Crippen LogP contribution in [0.2, 0.25) is 0 Å². The molecule has 2 N–H and O–H groups in total. The first-order valence-corrected chi connectivity index (χ1v) is 17.9. The number of benzene rings is 2. The lowest BCUT2D eigenvalue weighted by atomic mass is 9.98. The molecule has 0 heterocycles. The van der Waals surface area contributed by atoms with Crippen LogP contribution < -0.4 is 19.9 Å². The van der Waals surface area contributed by atoms with Crippen molar-refractivity contribution >= 4 is 5.97 Å². The number of hydrogen-bond donors (Lipinski definition) is 1. The summed E-state index contributed by atoms with van der Waals surface area (Å²) in [5.74, 6) is 1.65. The van der Waals surface area contributed by atoms with Gasteiger partial charge in [0.25, 0.3) is 0 Å². The fourth-order valence-electron chi connectivity index (χ4n) is 5.75. The Kier molecular flexibility index (Phi) is 21.8. The summed E-state index contributed by atoms with van der Waals surface area (Å²) in [4.78, 5) is 12.1. The average molecular weight is 626 g/mol. The Morgan fingerprint density at radius 3 is 1.56 bits per heavy atom. The number of unbranched alkanes of at least 4 members (excludes halogenated alkanes) is 19. The van der Waals surface area contributed by atoms with E-state index >= 15 is 0 Å². The van der Waals surface area contributed by atoms with E-state index in [2.05, 4.69) is 6.92 Å². The summed E-state index contributed by atoms with van der Waals surface area (Å²) in [6, 6.07) is 12.7. The van der Waals surface area contributed by atoms with Gasteiger partial charge in [-0.3, -0.25) is 0 Å². The molecule has 254 valence electrons. The highest BCUT2D eigenvalue weighted by molar-refractivity contribution is 5.71. The molecular formula is C39H63NO5. The normalized spacial score (nSPS) is 11.7. The second-order valence-electron chi connectivity index (χ2n) is 12.4. The Hall–Kier alpha value is -2.73. The van der Waals surface area contributed by atoms with Gasteiger partial charge in [0.1, 0.15) is 17.2 Å². The summed E-state index contributed by atoms with van der Waals surface area (Å²) >= 11 is 0. The fraction of sp³-hybridized carbons (Fsp3) is 0.667. The van der Waals surface area contributed by atoms with Crippen molar-refractivity contribution in [2.45, 2.75) is 141 Å². The number of carbonyl (C=O) groups is 1. The molecule has 2 rings (SSSR count). The van der Waals surface area contributed by atoms with Crippen LogP contribution in [0.5, 0.6) is 17.2 Å². The molecule has 2 aromatic rings. The van der Waals surface area contributed by atoms with Crippen LogP contribution in [0.25, 0.3) is 0 Å². The highest BCUT2D eigenvalue weighted by Crippen LogP contribution is 2.32. The molecule has 6 heteroatoms. The lowest BCUT2D eigenvalue weighted by Gasteiger charge is -2.17. The number of carbonyl (C=O) groups excluding carboxylic acids is 1. The van der Waals surface area contributed by atoms with E-state index in [1.54, 1.807) is 14.2 Å². The van der Waals surface area contributed by atoms with Crippen molar-refractivity contribution in [2.24, 2.45) is 5.73 Å². The molecule has 45 heavy (non-hydrogen) atoms. The van der Waals surface area contributed by atoms with Crippen molar-refractivity contribution in [3.8, 4) is 17.2 Å². The highest BCUT2D eigenvalue weighted by Gasteiger charge is 2.15. The molecule has 0 fully saturated rings. The number of hydrogen-bond acceptors (Lipinski definition) is 6. The van der Waals surface area contributed by atoms with Crippen LogP contribution in [0.15, 0.2) is 42.5 Å². The lowest BCUT2D eigenvalue weighted by molar-refractivity contribution is -0.146. The van der Waals surface area contributed by atoms with Gasteiger partial charge in [0.05, 0.1) is 26.9 Å². The van der Waals surface area contributed by atoms with Gasteiger partial charge >= 0.3 is 5.97 Å². The SMILES string of the molecule is CCCCCCCCCCCCCCCCCCCCCCOC(=O)COc1ccc(C(N)c2ccc(OC)cc2OC)cc1. The van der Waals surface area contributed by atoms with Crippen molar-refractivity contribution < 1.29 is 23.7 Å². The Balaban J connectivity index is 1.40. The Labute approximate surface area is 274 Å². The molecule has 2 aromatic carbocycles. The van der Waals surface area contributed by atoms with Crippen LogP contribution in [0.1, 0.15) is 153 Å². The molecule has 0 aliphatic carbocycles. The second kappa shape index (κ2) is 25.5. The fourth-order valence-corrected chi connectivity index (χ4v) is 5.75. The Bertz CT molecular complexity index is 1010. The third-order valence-corrected chi connectivity index (χ3v) is 8.63. The van der Waals surface area contributed by atoms with Crippen LogP contribution >= 0.6 is 0 Å². The summed E-state index contributed by atoms with van der Waals surface area (Å²) in [5, 5.41) is 0. The van der Waals surface area contributed by atoms with Gasteiger partial charge in [-0.25, -0.2) is 4.79 Å². The first-order valence-electron chi connectivity index (χ1n) is 17.9. The van der Waals surface area contributed by atoms with Gasteiger partial charge in [-0.15, -0.1) is 0 Å². The van der Waals surface area contributed by atoms with E-state index < -0.39 is 0 Å². The summed E-state index contributed by atoms with van der Waals surface area (Å²) in [7, 11) is 3.23. The molecule has 6 nitrogen and oxygen atoms in total. The number of ether oxygens (including phenoxy) is 4. The molecular weight excluding hydrogens is 562 g/mol. The monoisotopic (exact) mass is 625 g/mol. The molecule has 1 unspecified atom stereocenters. The standard InChI is InChI=1S/C39H63NO5/c1-4-5-6-7-8-9-10-11-12-13-14-15-16-17-18-19-20-21-22-23-30-44-38(41)32-45-34-26-24-33(25-27-34)39(40)36-29-28-35(42-2)31-37(36)43-3/h24-29,31,39H,4-23,30,32,40H2,1-3H3. The van der Waals surface area contributed by atoms with Gasteiger partial charge < -0.3 is 24.7 Å². The third kappa shape index (κ3) is 17.5. The van der Waals surface area contributed by atoms with Crippen LogP contribution in [-0.2, 0) is 9.53 Å². The van der Waals surface area contributed by atoms with Crippen LogP contribution in [-0.4, -0.2) is 33.4 Å². The molecule has 0 radical (unpaired) electrons. The van der Waals surface area contributed by atoms with Crippen molar-refractivity contribution in [3.05, 3.63) is 53.6 Å². The van der Waals surface area contributed by atoms with Crippen molar-refractivity contribution in [2.75, 3.05) is 27.4 Å². The molecule has 0 aromatic heterocycles. The van der Waals surface area contributed by atoms with Crippen molar-refractivity contribution in [1.82, 2.24) is 0 Å². The minimum atomic E-state index is -0.367. The van der Waals surface area contributed by atoms with Crippen LogP contribution in [0.4, 0.5) is 0 Å². The van der Waals surface area contributed by atoms with Crippen molar-refractivity contribution in [1.29, 1.82) is 0 Å². The molecule has 0 saturated heterocycles. The predicted octanol–water partition coefficient (Wildman–Crippen LogP) is 10.5. The molecule has 1 atom stereocenters. The maximum absolute atomic E-state index is 12.1. The molecule has 0 spiro atoms. The first-order chi connectivity index (χ1) is 22.1. The largest absolute Gasteiger partial charge is 0.497 e. The average Bonchev–Trinajstić information content (AvgIpc) is 3.07. The summed E-state index contributed by atoms with van der Waals surface area (Å²) in [5.41, 5.74) is 8.26. The second-order valence-corrected chi connectivity index (χ2v) is 12.4. The molecule has 0 bridgehead atoms. The Morgan fingerprint density at radius 2 is 1.09 bits per heavy atom. The molecule has 0 aliphatic heterocycles. The molecule has 0 amide bonds. The molecule has 0 saturated carbocycles. The highest BCUT2D eigenvalue weighted by atomic mass is 16.6. The van der Waals surface area contributed by atoms with Crippen LogP contribution in [0, 0.1) is 0 Å². The third-order valence-electron chi connectivity index (χ3n) is 8.63. The predicted molar refractivity (Wildman–Crippen MR) is 186 cm³/mol. The van der Waals surface area contributed by atoms with Crippen molar-refractivity contribution in [3.63, 3.8) is 0 Å². The zero-order valence-electron chi connectivity index (χ0n) is 28.8. The van der Waals surface area contributed by atoms with E-state index in [4.69, 9.17) is 24.7 Å². The van der Waals surface area contributed by atoms with E-state index in [0.29, 0.717) is 23.9 Å². The smallest absolute Gasteiger partial charge is 0.344 e. The Morgan fingerprint density at radius 1 is 0.622 bits per heavy atom. The van der Waals surface area contributed by atoms with E-state index in [-0.39, 0.29) is 18.6 Å². The zero-order chi connectivity index (χ0) is 32.4. The topological polar surface area (TPSA) is 80.0 Å². The minimum Gasteiger partial charge on any atom is -0.497 e. The van der Waals surface area contributed by atoms with E-state index in [9.17, 15) is 4.79 Å². The van der Waals surface area contributed by atoms with Gasteiger partial charge in [-0.2, -0.15) is 0 Å². The van der Waals surface area contributed by atoms with Gasteiger partial charge in [-0.05, 0) is 36.2 Å². The van der Waals surface area contributed by atoms with Crippen LogP contribution in [0.3, 0.4) is 0 Å². The van der Waals surface area contributed by atoms with E-state index in [1.165, 1.54) is 116 Å². The van der Waals surface area contributed by atoms with Gasteiger partial charge in [-0.1, -0.05) is 141 Å². The molecule has 0 aliphatic rings.